The van der Waals surface area contributed by atoms with Gasteiger partial charge in [0.15, 0.2) is 0 Å². The van der Waals surface area contributed by atoms with Gasteiger partial charge in [-0.2, -0.15) is 0 Å². The molecule has 4 heteroatoms. The lowest BCUT2D eigenvalue weighted by Gasteiger charge is -2.30. The van der Waals surface area contributed by atoms with Crippen molar-refractivity contribution in [3.8, 4) is 0 Å². The standard InChI is InChI=1S/C17H27N3O/c1-14-7-10-20(11-8-14)13-16-5-3-2-4-15(16)12-19-17(21)6-9-18/h2-5,14H,6-13,18H2,1H3,(H,19,21). The van der Waals surface area contributed by atoms with Crippen LogP contribution in [0.25, 0.3) is 0 Å². The fourth-order valence-corrected chi connectivity index (χ4v) is 2.76. The third kappa shape index (κ3) is 5.14. The lowest BCUT2D eigenvalue weighted by molar-refractivity contribution is -0.121. The molecule has 0 saturated carbocycles. The molecule has 4 nitrogen and oxygen atoms in total. The molecule has 0 spiro atoms. The number of nitrogens with zero attached hydrogens (tertiary/aromatic N) is 1. The topological polar surface area (TPSA) is 58.4 Å². The molecular weight excluding hydrogens is 262 g/mol. The normalized spacial score (nSPS) is 16.9. The molecule has 1 saturated heterocycles. The zero-order valence-electron chi connectivity index (χ0n) is 13.0. The van der Waals surface area contributed by atoms with E-state index < -0.39 is 0 Å². The van der Waals surface area contributed by atoms with Crippen LogP contribution >= 0.6 is 0 Å². The first-order valence-corrected chi connectivity index (χ1v) is 7.95. The highest BCUT2D eigenvalue weighted by molar-refractivity contribution is 5.76. The molecule has 0 radical (unpaired) electrons. The summed E-state index contributed by atoms with van der Waals surface area (Å²) >= 11 is 0. The van der Waals surface area contributed by atoms with E-state index in [2.05, 4.69) is 35.3 Å². The third-order valence-electron chi connectivity index (χ3n) is 4.24. The number of hydrogen-bond donors (Lipinski definition) is 2. The predicted octanol–water partition coefficient (Wildman–Crippen LogP) is 1.88. The average molecular weight is 289 g/mol. The first-order chi connectivity index (χ1) is 10.2. The van der Waals surface area contributed by atoms with Crippen molar-refractivity contribution >= 4 is 5.91 Å². The highest BCUT2D eigenvalue weighted by atomic mass is 16.1. The monoisotopic (exact) mass is 289 g/mol. The molecule has 21 heavy (non-hydrogen) atoms. The lowest BCUT2D eigenvalue weighted by atomic mass is 9.98. The number of rotatable bonds is 6. The maximum Gasteiger partial charge on any atom is 0.221 e. The number of carbonyl (C=O) groups is 1. The second-order valence-corrected chi connectivity index (χ2v) is 6.04. The Hall–Kier alpha value is -1.39. The number of nitrogens with one attached hydrogen (secondary N) is 1. The summed E-state index contributed by atoms with van der Waals surface area (Å²) in [7, 11) is 0. The molecule has 0 unspecified atom stereocenters. The van der Waals surface area contributed by atoms with Gasteiger partial charge in [0.2, 0.25) is 5.91 Å². The van der Waals surface area contributed by atoms with E-state index in [1.54, 1.807) is 0 Å². The van der Waals surface area contributed by atoms with E-state index in [0.717, 1.165) is 12.5 Å². The Labute approximate surface area is 127 Å². The Morgan fingerprint density at radius 2 is 1.95 bits per heavy atom. The minimum Gasteiger partial charge on any atom is -0.352 e. The summed E-state index contributed by atoms with van der Waals surface area (Å²) in [5, 5.41) is 2.95. The predicted molar refractivity (Wildman–Crippen MR) is 85.6 cm³/mol. The molecule has 1 aromatic carbocycles. The summed E-state index contributed by atoms with van der Waals surface area (Å²) in [6.45, 7) is 6.66. The van der Waals surface area contributed by atoms with Gasteiger partial charge >= 0.3 is 0 Å². The van der Waals surface area contributed by atoms with E-state index in [1.807, 2.05) is 6.07 Å². The summed E-state index contributed by atoms with van der Waals surface area (Å²) in [5.41, 5.74) is 7.92. The molecule has 0 aliphatic carbocycles. The van der Waals surface area contributed by atoms with E-state index in [1.165, 1.54) is 37.1 Å². The lowest BCUT2D eigenvalue weighted by Crippen LogP contribution is -2.33. The van der Waals surface area contributed by atoms with Crippen LogP contribution < -0.4 is 11.1 Å². The molecule has 116 valence electrons. The molecule has 1 amide bonds. The van der Waals surface area contributed by atoms with Gasteiger partial charge in [0.1, 0.15) is 0 Å². The van der Waals surface area contributed by atoms with Crippen molar-refractivity contribution in [1.29, 1.82) is 0 Å². The van der Waals surface area contributed by atoms with Crippen molar-refractivity contribution in [2.75, 3.05) is 19.6 Å². The molecule has 3 N–H and O–H groups in total. The molecule has 1 fully saturated rings. The zero-order chi connectivity index (χ0) is 15.1. The number of piperidine rings is 1. The molecule has 1 aromatic rings. The van der Waals surface area contributed by atoms with Crippen LogP contribution in [0.5, 0.6) is 0 Å². The molecule has 0 atom stereocenters. The van der Waals surface area contributed by atoms with Crippen molar-refractivity contribution < 1.29 is 4.79 Å². The minimum absolute atomic E-state index is 0.0269. The highest BCUT2D eigenvalue weighted by Gasteiger charge is 2.16. The van der Waals surface area contributed by atoms with Crippen LogP contribution in [0.15, 0.2) is 24.3 Å². The summed E-state index contributed by atoms with van der Waals surface area (Å²) in [6.07, 6.45) is 2.97. The Balaban J connectivity index is 1.92. The zero-order valence-corrected chi connectivity index (χ0v) is 13.0. The average Bonchev–Trinajstić information content (AvgIpc) is 2.49. The van der Waals surface area contributed by atoms with Crippen LogP contribution in [0.3, 0.4) is 0 Å². The van der Waals surface area contributed by atoms with Crippen LogP contribution in [-0.2, 0) is 17.9 Å². The first kappa shape index (κ1) is 16.0. The van der Waals surface area contributed by atoms with Gasteiger partial charge < -0.3 is 11.1 Å². The quantitative estimate of drug-likeness (QED) is 0.841. The highest BCUT2D eigenvalue weighted by Crippen LogP contribution is 2.19. The Morgan fingerprint density at radius 1 is 1.29 bits per heavy atom. The maximum absolute atomic E-state index is 11.6. The number of carbonyl (C=O) groups excluding carboxylic acids is 1. The van der Waals surface area contributed by atoms with E-state index in [0.29, 0.717) is 19.5 Å². The summed E-state index contributed by atoms with van der Waals surface area (Å²) in [6, 6.07) is 8.38. The van der Waals surface area contributed by atoms with Crippen molar-refractivity contribution in [3.63, 3.8) is 0 Å². The molecule has 1 aliphatic rings. The molecule has 0 bridgehead atoms. The summed E-state index contributed by atoms with van der Waals surface area (Å²) < 4.78 is 0. The van der Waals surface area contributed by atoms with Crippen molar-refractivity contribution in [3.05, 3.63) is 35.4 Å². The van der Waals surface area contributed by atoms with Gasteiger partial charge in [-0.1, -0.05) is 31.2 Å². The molecule has 1 aliphatic heterocycles. The van der Waals surface area contributed by atoms with E-state index in [-0.39, 0.29) is 5.91 Å². The first-order valence-electron chi connectivity index (χ1n) is 7.95. The third-order valence-corrected chi connectivity index (χ3v) is 4.24. The second-order valence-electron chi connectivity index (χ2n) is 6.04. The van der Waals surface area contributed by atoms with Gasteiger partial charge in [0, 0.05) is 26.1 Å². The van der Waals surface area contributed by atoms with Crippen molar-refractivity contribution in [2.45, 2.75) is 39.3 Å². The van der Waals surface area contributed by atoms with Crippen LogP contribution in [0.2, 0.25) is 0 Å². The van der Waals surface area contributed by atoms with Crippen LogP contribution in [0.4, 0.5) is 0 Å². The number of hydrogen-bond acceptors (Lipinski definition) is 3. The van der Waals surface area contributed by atoms with E-state index in [9.17, 15) is 4.79 Å². The molecular formula is C17H27N3O. The largest absolute Gasteiger partial charge is 0.352 e. The summed E-state index contributed by atoms with van der Waals surface area (Å²) in [5.74, 6) is 0.881. The van der Waals surface area contributed by atoms with Gasteiger partial charge in [0.25, 0.3) is 0 Å². The Kier molecular flexibility index (Phi) is 6.21. The van der Waals surface area contributed by atoms with Crippen molar-refractivity contribution in [2.24, 2.45) is 11.7 Å². The van der Waals surface area contributed by atoms with Gasteiger partial charge in [0.05, 0.1) is 0 Å². The molecule has 1 heterocycles. The van der Waals surface area contributed by atoms with Gasteiger partial charge in [-0.15, -0.1) is 0 Å². The van der Waals surface area contributed by atoms with E-state index >= 15 is 0 Å². The number of amides is 1. The number of nitrogens with two attached hydrogens (primary N) is 1. The second kappa shape index (κ2) is 8.15. The van der Waals surface area contributed by atoms with Crippen LogP contribution in [0.1, 0.15) is 37.3 Å². The van der Waals surface area contributed by atoms with Gasteiger partial charge in [-0.05, 0) is 43.0 Å². The molecule has 2 rings (SSSR count). The maximum atomic E-state index is 11.6. The summed E-state index contributed by atoms with van der Waals surface area (Å²) in [4.78, 5) is 14.1. The van der Waals surface area contributed by atoms with Crippen LogP contribution in [-0.4, -0.2) is 30.4 Å². The van der Waals surface area contributed by atoms with Crippen LogP contribution in [0, 0.1) is 5.92 Å². The fraction of sp³-hybridized carbons (Fsp3) is 0.588. The van der Waals surface area contributed by atoms with Crippen molar-refractivity contribution in [1.82, 2.24) is 10.2 Å². The number of likely N-dealkylation sites (tertiary alicyclic amines) is 1. The Morgan fingerprint density at radius 3 is 2.62 bits per heavy atom. The Bertz CT molecular complexity index is 453. The SMILES string of the molecule is CC1CCN(Cc2ccccc2CNC(=O)CCN)CC1. The molecule has 0 aromatic heterocycles. The smallest absolute Gasteiger partial charge is 0.221 e. The van der Waals surface area contributed by atoms with Gasteiger partial charge in [-0.25, -0.2) is 0 Å². The van der Waals surface area contributed by atoms with E-state index in [4.69, 9.17) is 5.73 Å². The van der Waals surface area contributed by atoms with Gasteiger partial charge in [-0.3, -0.25) is 9.69 Å². The number of benzene rings is 1. The minimum atomic E-state index is 0.0269. The fourth-order valence-electron chi connectivity index (χ4n) is 2.76.